The molecule has 0 unspecified atom stereocenters. The zero-order valence-corrected chi connectivity index (χ0v) is 16.3. The third-order valence-corrected chi connectivity index (χ3v) is 4.92. The molecule has 1 amide bonds. The molecule has 0 aliphatic heterocycles. The number of benzene rings is 2. The lowest BCUT2D eigenvalue weighted by molar-refractivity contribution is -0.128. The highest BCUT2D eigenvalue weighted by Crippen LogP contribution is 2.26. The first-order valence-electron chi connectivity index (χ1n) is 9.91. The van der Waals surface area contributed by atoms with E-state index in [-0.39, 0.29) is 5.91 Å². The number of ether oxygens (including phenoxy) is 2. The van der Waals surface area contributed by atoms with E-state index in [1.807, 2.05) is 44.2 Å². The Morgan fingerprint density at radius 2 is 1.89 bits per heavy atom. The van der Waals surface area contributed by atoms with Crippen molar-refractivity contribution in [3.8, 4) is 11.5 Å². The lowest BCUT2D eigenvalue weighted by Gasteiger charge is -2.20. The minimum Gasteiger partial charge on any atom is -0.492 e. The molecule has 0 aromatic heterocycles. The minimum atomic E-state index is -0.481. The number of aryl methyl sites for hydroxylation is 3. The third kappa shape index (κ3) is 5.49. The number of hydrogen-bond donors (Lipinski definition) is 1. The van der Waals surface area contributed by atoms with E-state index in [0.29, 0.717) is 19.6 Å². The van der Waals surface area contributed by atoms with Crippen LogP contribution in [-0.2, 0) is 17.6 Å². The van der Waals surface area contributed by atoms with Crippen LogP contribution in [-0.4, -0.2) is 25.2 Å². The molecule has 2 aromatic carbocycles. The van der Waals surface area contributed by atoms with Gasteiger partial charge in [-0.2, -0.15) is 0 Å². The molecule has 2 aromatic rings. The fourth-order valence-electron chi connectivity index (χ4n) is 3.43. The summed E-state index contributed by atoms with van der Waals surface area (Å²) in [6.07, 6.45) is 4.89. The Morgan fingerprint density at radius 1 is 1.07 bits per heavy atom. The molecule has 1 N–H and O–H groups in total. The Kier molecular flexibility index (Phi) is 6.74. The van der Waals surface area contributed by atoms with Crippen molar-refractivity contribution in [3.63, 3.8) is 0 Å². The highest BCUT2D eigenvalue weighted by atomic mass is 16.5. The van der Waals surface area contributed by atoms with Crippen LogP contribution in [0, 0.1) is 6.92 Å². The second-order valence-corrected chi connectivity index (χ2v) is 7.11. The molecule has 0 spiro atoms. The van der Waals surface area contributed by atoms with Crippen LogP contribution in [0.4, 0.5) is 0 Å². The van der Waals surface area contributed by atoms with Crippen molar-refractivity contribution < 1.29 is 14.3 Å². The smallest absolute Gasteiger partial charge is 0.261 e. The maximum absolute atomic E-state index is 12.4. The van der Waals surface area contributed by atoms with E-state index in [0.717, 1.165) is 29.9 Å². The van der Waals surface area contributed by atoms with Crippen LogP contribution < -0.4 is 14.8 Å². The highest BCUT2D eigenvalue weighted by Gasteiger charge is 2.19. The summed E-state index contributed by atoms with van der Waals surface area (Å²) in [4.78, 5) is 12.4. The number of carbonyl (C=O) groups is 1. The molecule has 0 heterocycles. The topological polar surface area (TPSA) is 47.6 Å². The molecule has 3 rings (SSSR count). The van der Waals surface area contributed by atoms with Crippen LogP contribution in [0.5, 0.6) is 11.5 Å². The quantitative estimate of drug-likeness (QED) is 0.711. The zero-order chi connectivity index (χ0) is 19.1. The van der Waals surface area contributed by atoms with Gasteiger partial charge in [-0.1, -0.05) is 25.1 Å². The predicted octanol–water partition coefficient (Wildman–Crippen LogP) is 4.23. The standard InChI is InChI=1S/C23H29NO3/c1-3-22(27-21-12-11-18-8-4-5-9-19(18)16-21)23(25)24-13-14-26-20-10-6-7-17(2)15-20/h6-7,10-12,15-16,22H,3-5,8-9,13-14H2,1-2H3,(H,24,25)/t22-/m0/s1. The Morgan fingerprint density at radius 3 is 2.67 bits per heavy atom. The summed E-state index contributed by atoms with van der Waals surface area (Å²) < 4.78 is 11.6. The summed E-state index contributed by atoms with van der Waals surface area (Å²) in [5.41, 5.74) is 3.93. The molecule has 144 valence electrons. The predicted molar refractivity (Wildman–Crippen MR) is 107 cm³/mol. The van der Waals surface area contributed by atoms with Gasteiger partial charge in [0.1, 0.15) is 18.1 Å². The van der Waals surface area contributed by atoms with Crippen LogP contribution in [0.15, 0.2) is 42.5 Å². The van der Waals surface area contributed by atoms with Gasteiger partial charge in [-0.25, -0.2) is 0 Å². The molecule has 1 aliphatic rings. The molecule has 0 fully saturated rings. The molecule has 0 saturated carbocycles. The second kappa shape index (κ2) is 9.45. The fourth-order valence-corrected chi connectivity index (χ4v) is 3.43. The van der Waals surface area contributed by atoms with Crippen LogP contribution in [0.3, 0.4) is 0 Å². The van der Waals surface area contributed by atoms with Gasteiger partial charge >= 0.3 is 0 Å². The first-order valence-corrected chi connectivity index (χ1v) is 9.91. The molecular formula is C23H29NO3. The molecule has 4 heteroatoms. The summed E-state index contributed by atoms with van der Waals surface area (Å²) >= 11 is 0. The third-order valence-electron chi connectivity index (χ3n) is 4.92. The van der Waals surface area contributed by atoms with Crippen molar-refractivity contribution in [2.75, 3.05) is 13.2 Å². The van der Waals surface area contributed by atoms with E-state index in [1.165, 1.54) is 24.0 Å². The zero-order valence-electron chi connectivity index (χ0n) is 16.3. The van der Waals surface area contributed by atoms with Crippen LogP contribution in [0.25, 0.3) is 0 Å². The van der Waals surface area contributed by atoms with Gasteiger partial charge in [0.05, 0.1) is 6.54 Å². The highest BCUT2D eigenvalue weighted by molar-refractivity contribution is 5.81. The summed E-state index contributed by atoms with van der Waals surface area (Å²) in [6.45, 7) is 4.88. The fraction of sp³-hybridized carbons (Fsp3) is 0.435. The normalized spacial score (nSPS) is 14.1. The lowest BCUT2D eigenvalue weighted by Crippen LogP contribution is -2.39. The maximum atomic E-state index is 12.4. The van der Waals surface area contributed by atoms with Crippen molar-refractivity contribution in [2.24, 2.45) is 0 Å². The summed E-state index contributed by atoms with van der Waals surface area (Å²) in [5, 5.41) is 2.91. The summed E-state index contributed by atoms with van der Waals surface area (Å²) in [5.74, 6) is 1.51. The second-order valence-electron chi connectivity index (χ2n) is 7.11. The molecule has 1 aliphatic carbocycles. The number of rotatable bonds is 8. The van der Waals surface area contributed by atoms with Crippen LogP contribution >= 0.6 is 0 Å². The Labute approximate surface area is 161 Å². The molecular weight excluding hydrogens is 338 g/mol. The number of fused-ring (bicyclic) bond motifs is 1. The van der Waals surface area contributed by atoms with Gasteiger partial charge in [0, 0.05) is 0 Å². The monoisotopic (exact) mass is 367 g/mol. The van der Waals surface area contributed by atoms with Crippen LogP contribution in [0.2, 0.25) is 0 Å². The number of nitrogens with one attached hydrogen (secondary N) is 1. The lowest BCUT2D eigenvalue weighted by atomic mass is 9.92. The SMILES string of the molecule is CC[C@H](Oc1ccc2c(c1)CCCC2)C(=O)NCCOc1cccc(C)c1. The number of amides is 1. The van der Waals surface area contributed by atoms with E-state index in [4.69, 9.17) is 9.47 Å². The molecule has 27 heavy (non-hydrogen) atoms. The minimum absolute atomic E-state index is 0.0944. The van der Waals surface area contributed by atoms with Gasteiger partial charge in [0.2, 0.25) is 0 Å². The Balaban J connectivity index is 1.47. The van der Waals surface area contributed by atoms with E-state index in [1.54, 1.807) is 0 Å². The number of carbonyl (C=O) groups excluding carboxylic acids is 1. The van der Waals surface area contributed by atoms with Crippen molar-refractivity contribution in [1.82, 2.24) is 5.32 Å². The Hall–Kier alpha value is -2.49. The van der Waals surface area contributed by atoms with E-state index in [9.17, 15) is 4.79 Å². The molecule has 0 radical (unpaired) electrons. The average Bonchev–Trinajstić information content (AvgIpc) is 2.69. The summed E-state index contributed by atoms with van der Waals surface area (Å²) in [7, 11) is 0. The summed E-state index contributed by atoms with van der Waals surface area (Å²) in [6, 6.07) is 14.1. The van der Waals surface area contributed by atoms with Gasteiger partial charge in [-0.05, 0) is 80.0 Å². The van der Waals surface area contributed by atoms with E-state index < -0.39 is 6.10 Å². The molecule has 1 atom stereocenters. The van der Waals surface area contributed by atoms with Gasteiger partial charge < -0.3 is 14.8 Å². The van der Waals surface area contributed by atoms with Gasteiger partial charge in [-0.15, -0.1) is 0 Å². The Bertz CT molecular complexity index is 772. The van der Waals surface area contributed by atoms with Gasteiger partial charge in [0.25, 0.3) is 5.91 Å². The van der Waals surface area contributed by atoms with Crippen molar-refractivity contribution in [3.05, 3.63) is 59.2 Å². The molecule has 4 nitrogen and oxygen atoms in total. The largest absolute Gasteiger partial charge is 0.492 e. The maximum Gasteiger partial charge on any atom is 0.261 e. The average molecular weight is 367 g/mol. The first-order chi connectivity index (χ1) is 13.2. The van der Waals surface area contributed by atoms with Crippen molar-refractivity contribution in [1.29, 1.82) is 0 Å². The molecule has 0 saturated heterocycles. The first kappa shape index (κ1) is 19.3. The van der Waals surface area contributed by atoms with E-state index in [2.05, 4.69) is 17.4 Å². The van der Waals surface area contributed by atoms with Gasteiger partial charge in [0.15, 0.2) is 6.10 Å². The van der Waals surface area contributed by atoms with E-state index >= 15 is 0 Å². The van der Waals surface area contributed by atoms with Crippen LogP contribution in [0.1, 0.15) is 42.9 Å². The molecule has 0 bridgehead atoms. The number of hydrogen-bond acceptors (Lipinski definition) is 3. The van der Waals surface area contributed by atoms with Crippen molar-refractivity contribution >= 4 is 5.91 Å². The van der Waals surface area contributed by atoms with Gasteiger partial charge in [-0.3, -0.25) is 4.79 Å². The van der Waals surface area contributed by atoms with Crippen molar-refractivity contribution in [2.45, 2.75) is 52.1 Å².